The first kappa shape index (κ1) is 18.5. The molecule has 0 aliphatic carbocycles. The van der Waals surface area contributed by atoms with Gasteiger partial charge in [0.15, 0.2) is 0 Å². The van der Waals surface area contributed by atoms with E-state index in [1.165, 1.54) is 5.56 Å². The van der Waals surface area contributed by atoms with Crippen molar-refractivity contribution in [2.24, 2.45) is 5.41 Å². The molecule has 0 radical (unpaired) electrons. The van der Waals surface area contributed by atoms with E-state index >= 15 is 0 Å². The van der Waals surface area contributed by atoms with Crippen molar-refractivity contribution in [3.05, 3.63) is 35.9 Å². The molecule has 3 heterocycles. The Morgan fingerprint density at radius 2 is 1.89 bits per heavy atom. The number of amides is 2. The molecule has 4 rings (SSSR count). The van der Waals surface area contributed by atoms with E-state index in [0.29, 0.717) is 19.6 Å². The van der Waals surface area contributed by atoms with Gasteiger partial charge in [-0.1, -0.05) is 30.3 Å². The van der Waals surface area contributed by atoms with E-state index in [4.69, 9.17) is 4.74 Å². The van der Waals surface area contributed by atoms with E-state index in [2.05, 4.69) is 12.1 Å². The second-order valence-electron chi connectivity index (χ2n) is 8.42. The molecule has 1 aromatic carbocycles. The summed E-state index contributed by atoms with van der Waals surface area (Å²) in [6.07, 6.45) is 6.36. The molecule has 1 spiro atoms. The van der Waals surface area contributed by atoms with Gasteiger partial charge in [0, 0.05) is 39.2 Å². The standard InChI is InChI=1S/C22H30N2O3/c25-20-9-10-22(17-24(20)16-18-6-2-1-3-7-18)11-13-23(14-12-22)21(26)19-8-4-5-15-27-19/h1-3,6-7,19H,4-5,8-17H2/t19-/m1/s1. The van der Waals surface area contributed by atoms with Gasteiger partial charge in [0.25, 0.3) is 5.91 Å². The highest BCUT2D eigenvalue weighted by Gasteiger charge is 2.42. The van der Waals surface area contributed by atoms with Crippen molar-refractivity contribution in [3.8, 4) is 0 Å². The molecule has 5 nitrogen and oxygen atoms in total. The van der Waals surface area contributed by atoms with Crippen molar-refractivity contribution >= 4 is 11.8 Å². The minimum atomic E-state index is -0.227. The van der Waals surface area contributed by atoms with Crippen LogP contribution in [0.3, 0.4) is 0 Å². The average Bonchev–Trinajstić information content (AvgIpc) is 2.72. The van der Waals surface area contributed by atoms with Gasteiger partial charge in [0.1, 0.15) is 6.10 Å². The lowest BCUT2D eigenvalue weighted by Crippen LogP contribution is -2.53. The summed E-state index contributed by atoms with van der Waals surface area (Å²) in [6, 6.07) is 10.2. The fourth-order valence-corrected chi connectivity index (χ4v) is 4.80. The highest BCUT2D eigenvalue weighted by atomic mass is 16.5. The summed E-state index contributed by atoms with van der Waals surface area (Å²) in [4.78, 5) is 29.2. The quantitative estimate of drug-likeness (QED) is 0.822. The molecule has 0 bridgehead atoms. The number of rotatable bonds is 3. The Kier molecular flexibility index (Phi) is 5.48. The Hall–Kier alpha value is -1.88. The van der Waals surface area contributed by atoms with Gasteiger partial charge in [-0.15, -0.1) is 0 Å². The average molecular weight is 370 g/mol. The van der Waals surface area contributed by atoms with E-state index in [9.17, 15) is 9.59 Å². The highest BCUT2D eigenvalue weighted by Crippen LogP contribution is 2.41. The number of benzene rings is 1. The summed E-state index contributed by atoms with van der Waals surface area (Å²) < 4.78 is 5.68. The fraction of sp³-hybridized carbons (Fsp3) is 0.636. The van der Waals surface area contributed by atoms with Crippen molar-refractivity contribution in [3.63, 3.8) is 0 Å². The number of carbonyl (C=O) groups excluding carboxylic acids is 2. The molecule has 0 saturated carbocycles. The zero-order valence-electron chi connectivity index (χ0n) is 16.1. The van der Waals surface area contributed by atoms with Gasteiger partial charge in [0.2, 0.25) is 5.91 Å². The van der Waals surface area contributed by atoms with E-state index < -0.39 is 0 Å². The number of hydrogen-bond acceptors (Lipinski definition) is 3. The Morgan fingerprint density at radius 1 is 1.11 bits per heavy atom. The van der Waals surface area contributed by atoms with Crippen molar-refractivity contribution in [2.45, 2.75) is 57.6 Å². The summed E-state index contributed by atoms with van der Waals surface area (Å²) in [5, 5.41) is 0. The molecule has 0 aromatic heterocycles. The second kappa shape index (κ2) is 8.01. The number of likely N-dealkylation sites (tertiary alicyclic amines) is 2. The predicted octanol–water partition coefficient (Wildman–Crippen LogP) is 2.99. The second-order valence-corrected chi connectivity index (χ2v) is 8.42. The van der Waals surface area contributed by atoms with Gasteiger partial charge >= 0.3 is 0 Å². The maximum Gasteiger partial charge on any atom is 0.251 e. The molecule has 3 fully saturated rings. The van der Waals surface area contributed by atoms with Crippen LogP contribution in [0.15, 0.2) is 30.3 Å². The molecule has 1 atom stereocenters. The van der Waals surface area contributed by atoms with Gasteiger partial charge in [-0.25, -0.2) is 0 Å². The minimum Gasteiger partial charge on any atom is -0.368 e. The Bertz CT molecular complexity index is 661. The van der Waals surface area contributed by atoms with Crippen LogP contribution in [0.1, 0.15) is 50.5 Å². The lowest BCUT2D eigenvalue weighted by molar-refractivity contribution is -0.151. The molecule has 1 aromatic rings. The van der Waals surface area contributed by atoms with Crippen LogP contribution in [-0.2, 0) is 20.9 Å². The predicted molar refractivity (Wildman–Crippen MR) is 103 cm³/mol. The summed E-state index contributed by atoms with van der Waals surface area (Å²) in [5.74, 6) is 0.441. The largest absolute Gasteiger partial charge is 0.368 e. The van der Waals surface area contributed by atoms with Crippen LogP contribution in [0.4, 0.5) is 0 Å². The van der Waals surface area contributed by atoms with Crippen molar-refractivity contribution in [2.75, 3.05) is 26.2 Å². The Labute approximate surface area is 161 Å². The van der Waals surface area contributed by atoms with Gasteiger partial charge in [-0.2, -0.15) is 0 Å². The van der Waals surface area contributed by atoms with Crippen molar-refractivity contribution < 1.29 is 14.3 Å². The number of hydrogen-bond donors (Lipinski definition) is 0. The van der Waals surface area contributed by atoms with Crippen LogP contribution in [0.5, 0.6) is 0 Å². The van der Waals surface area contributed by atoms with E-state index in [0.717, 1.165) is 58.2 Å². The molecular weight excluding hydrogens is 340 g/mol. The molecular formula is C22H30N2O3. The van der Waals surface area contributed by atoms with E-state index in [-0.39, 0.29) is 23.3 Å². The summed E-state index contributed by atoms with van der Waals surface area (Å²) >= 11 is 0. The molecule has 146 valence electrons. The van der Waals surface area contributed by atoms with Crippen LogP contribution in [0, 0.1) is 5.41 Å². The molecule has 3 aliphatic rings. The highest BCUT2D eigenvalue weighted by molar-refractivity contribution is 5.81. The van der Waals surface area contributed by atoms with Gasteiger partial charge in [0.05, 0.1) is 0 Å². The number of carbonyl (C=O) groups is 2. The fourth-order valence-electron chi connectivity index (χ4n) is 4.80. The third-order valence-electron chi connectivity index (χ3n) is 6.56. The normalized spacial score (nSPS) is 25.6. The van der Waals surface area contributed by atoms with Crippen molar-refractivity contribution in [1.82, 2.24) is 9.80 Å². The first-order valence-corrected chi connectivity index (χ1v) is 10.4. The lowest BCUT2D eigenvalue weighted by atomic mass is 9.72. The molecule has 2 amide bonds. The van der Waals surface area contributed by atoms with Crippen LogP contribution in [0.2, 0.25) is 0 Å². The number of piperidine rings is 2. The van der Waals surface area contributed by atoms with E-state index in [1.807, 2.05) is 28.0 Å². The van der Waals surface area contributed by atoms with Crippen LogP contribution in [-0.4, -0.2) is 54.0 Å². The number of ether oxygens (including phenoxy) is 1. The zero-order chi connectivity index (χ0) is 18.7. The SMILES string of the molecule is O=C1CCC2(CCN(C(=O)[C@H]3CCCCO3)CC2)CN1Cc1ccccc1. The van der Waals surface area contributed by atoms with Crippen LogP contribution in [0.25, 0.3) is 0 Å². The lowest BCUT2D eigenvalue weighted by Gasteiger charge is -2.48. The monoisotopic (exact) mass is 370 g/mol. The topological polar surface area (TPSA) is 49.9 Å². The Morgan fingerprint density at radius 3 is 2.59 bits per heavy atom. The van der Waals surface area contributed by atoms with Crippen LogP contribution < -0.4 is 0 Å². The third kappa shape index (κ3) is 4.18. The summed E-state index contributed by atoms with van der Waals surface area (Å²) in [6.45, 7) is 3.82. The third-order valence-corrected chi connectivity index (χ3v) is 6.56. The van der Waals surface area contributed by atoms with Gasteiger partial charge in [-0.05, 0) is 49.5 Å². The number of nitrogens with zero attached hydrogens (tertiary/aromatic N) is 2. The van der Waals surface area contributed by atoms with Crippen molar-refractivity contribution in [1.29, 1.82) is 0 Å². The maximum atomic E-state index is 12.7. The summed E-state index contributed by atoms with van der Waals surface area (Å²) in [5.41, 5.74) is 1.36. The van der Waals surface area contributed by atoms with Gasteiger partial charge in [-0.3, -0.25) is 9.59 Å². The molecule has 5 heteroatoms. The smallest absolute Gasteiger partial charge is 0.251 e. The maximum absolute atomic E-state index is 12.7. The molecule has 3 saturated heterocycles. The van der Waals surface area contributed by atoms with Crippen LogP contribution >= 0.6 is 0 Å². The molecule has 27 heavy (non-hydrogen) atoms. The summed E-state index contributed by atoms with van der Waals surface area (Å²) in [7, 11) is 0. The first-order valence-electron chi connectivity index (χ1n) is 10.4. The molecule has 0 unspecified atom stereocenters. The molecule has 3 aliphatic heterocycles. The minimum absolute atomic E-state index is 0.174. The Balaban J connectivity index is 1.35. The zero-order valence-corrected chi connectivity index (χ0v) is 16.1. The van der Waals surface area contributed by atoms with E-state index in [1.54, 1.807) is 0 Å². The first-order chi connectivity index (χ1) is 13.2. The molecule has 0 N–H and O–H groups in total. The van der Waals surface area contributed by atoms with Gasteiger partial charge < -0.3 is 14.5 Å².